The van der Waals surface area contributed by atoms with Gasteiger partial charge in [-0.1, -0.05) is 6.92 Å². The second-order valence-electron chi connectivity index (χ2n) is 5.48. The minimum absolute atomic E-state index is 0.101. The number of anilines is 1. The van der Waals surface area contributed by atoms with Gasteiger partial charge in [0.2, 0.25) is 0 Å². The average Bonchev–Trinajstić information content (AvgIpc) is 2.59. The first kappa shape index (κ1) is 15.2. The van der Waals surface area contributed by atoms with Crippen LogP contribution >= 0.6 is 0 Å². The molecular formula is C15H23F2N3. The molecule has 0 aliphatic carbocycles. The molecule has 1 heterocycles. The van der Waals surface area contributed by atoms with Gasteiger partial charge < -0.3 is 15.5 Å². The van der Waals surface area contributed by atoms with Crippen LogP contribution in [0.15, 0.2) is 12.1 Å². The third-order valence-corrected chi connectivity index (χ3v) is 3.97. The third-order valence-electron chi connectivity index (χ3n) is 3.97. The first-order valence-electron chi connectivity index (χ1n) is 7.20. The summed E-state index contributed by atoms with van der Waals surface area (Å²) in [6.07, 6.45) is 1.77. The first-order valence-corrected chi connectivity index (χ1v) is 7.20. The summed E-state index contributed by atoms with van der Waals surface area (Å²) in [7, 11) is 2.05. The summed E-state index contributed by atoms with van der Waals surface area (Å²) < 4.78 is 28.5. The lowest BCUT2D eigenvalue weighted by Crippen LogP contribution is -2.40. The molecule has 20 heavy (non-hydrogen) atoms. The molecular weight excluding hydrogens is 260 g/mol. The SMILES string of the molecule is CCC1CN(C)CCCN1c1c(F)cc(CN)cc1F. The molecule has 2 N–H and O–H groups in total. The van der Waals surface area contributed by atoms with Crippen LogP contribution in [0.4, 0.5) is 14.5 Å². The fourth-order valence-corrected chi connectivity index (χ4v) is 2.90. The van der Waals surface area contributed by atoms with E-state index in [4.69, 9.17) is 5.73 Å². The van der Waals surface area contributed by atoms with E-state index in [-0.39, 0.29) is 18.3 Å². The molecule has 112 valence electrons. The van der Waals surface area contributed by atoms with Crippen molar-refractivity contribution < 1.29 is 8.78 Å². The summed E-state index contributed by atoms with van der Waals surface area (Å²) in [5.41, 5.74) is 6.05. The Balaban J connectivity index is 2.37. The highest BCUT2D eigenvalue weighted by atomic mass is 19.1. The molecule has 0 saturated carbocycles. The monoisotopic (exact) mass is 283 g/mol. The van der Waals surface area contributed by atoms with E-state index in [0.717, 1.165) is 25.9 Å². The van der Waals surface area contributed by atoms with Crippen LogP contribution in [0.2, 0.25) is 0 Å². The van der Waals surface area contributed by atoms with Crippen LogP contribution in [0.1, 0.15) is 25.3 Å². The smallest absolute Gasteiger partial charge is 0.149 e. The molecule has 0 aromatic heterocycles. The maximum atomic E-state index is 14.3. The zero-order valence-electron chi connectivity index (χ0n) is 12.2. The molecule has 1 atom stereocenters. The summed E-state index contributed by atoms with van der Waals surface area (Å²) in [4.78, 5) is 4.10. The summed E-state index contributed by atoms with van der Waals surface area (Å²) in [6.45, 7) is 4.67. The van der Waals surface area contributed by atoms with Crippen molar-refractivity contribution in [1.82, 2.24) is 4.90 Å². The maximum absolute atomic E-state index is 14.3. The molecule has 1 unspecified atom stereocenters. The molecule has 3 nitrogen and oxygen atoms in total. The lowest BCUT2D eigenvalue weighted by molar-refractivity contribution is 0.327. The van der Waals surface area contributed by atoms with Crippen molar-refractivity contribution in [3.05, 3.63) is 29.3 Å². The van der Waals surface area contributed by atoms with Crippen LogP contribution in [0.5, 0.6) is 0 Å². The second-order valence-corrected chi connectivity index (χ2v) is 5.48. The summed E-state index contributed by atoms with van der Waals surface area (Å²) in [5, 5.41) is 0. The van der Waals surface area contributed by atoms with Crippen LogP contribution in [0.25, 0.3) is 0 Å². The van der Waals surface area contributed by atoms with Crippen LogP contribution in [0, 0.1) is 11.6 Å². The Morgan fingerprint density at radius 1 is 1.25 bits per heavy atom. The molecule has 2 rings (SSSR count). The van der Waals surface area contributed by atoms with Gasteiger partial charge >= 0.3 is 0 Å². The van der Waals surface area contributed by atoms with Gasteiger partial charge in [-0.05, 0) is 44.1 Å². The highest BCUT2D eigenvalue weighted by Gasteiger charge is 2.27. The summed E-state index contributed by atoms with van der Waals surface area (Å²) in [6, 6.07) is 2.83. The summed E-state index contributed by atoms with van der Waals surface area (Å²) in [5.74, 6) is -1.01. The predicted octanol–water partition coefficient (Wildman–Crippen LogP) is 2.34. The zero-order chi connectivity index (χ0) is 14.7. The lowest BCUT2D eigenvalue weighted by atomic mass is 10.1. The van der Waals surface area contributed by atoms with Crippen molar-refractivity contribution in [2.75, 3.05) is 31.6 Å². The molecule has 0 amide bonds. The van der Waals surface area contributed by atoms with Gasteiger partial charge in [-0.3, -0.25) is 0 Å². The van der Waals surface area contributed by atoms with Crippen LogP contribution in [0.3, 0.4) is 0 Å². The van der Waals surface area contributed by atoms with Gasteiger partial charge in [-0.2, -0.15) is 0 Å². The molecule has 1 aliphatic heterocycles. The van der Waals surface area contributed by atoms with Gasteiger partial charge in [0.15, 0.2) is 0 Å². The van der Waals surface area contributed by atoms with E-state index in [9.17, 15) is 8.78 Å². The van der Waals surface area contributed by atoms with Gasteiger partial charge in [0.1, 0.15) is 17.3 Å². The molecule has 5 heteroatoms. The van der Waals surface area contributed by atoms with E-state index >= 15 is 0 Å². The van der Waals surface area contributed by atoms with E-state index < -0.39 is 11.6 Å². The molecule has 1 aromatic carbocycles. The normalized spacial score (nSPS) is 21.1. The molecule has 1 saturated heterocycles. The molecule has 1 aliphatic rings. The number of benzene rings is 1. The van der Waals surface area contributed by atoms with Crippen LogP contribution in [-0.4, -0.2) is 37.6 Å². The molecule has 0 radical (unpaired) electrons. The highest BCUT2D eigenvalue weighted by molar-refractivity contribution is 5.52. The number of rotatable bonds is 3. The number of halogens is 2. The van der Waals surface area contributed by atoms with Crippen molar-refractivity contribution in [2.45, 2.75) is 32.4 Å². The Labute approximate surface area is 119 Å². The molecule has 1 fully saturated rings. The number of hydrogen-bond donors (Lipinski definition) is 1. The minimum Gasteiger partial charge on any atom is -0.362 e. The number of nitrogens with zero attached hydrogens (tertiary/aromatic N) is 2. The Morgan fingerprint density at radius 2 is 1.90 bits per heavy atom. The lowest BCUT2D eigenvalue weighted by Gasteiger charge is -2.32. The van der Waals surface area contributed by atoms with E-state index in [2.05, 4.69) is 18.9 Å². The van der Waals surface area contributed by atoms with E-state index in [1.54, 1.807) is 0 Å². The Hall–Kier alpha value is -1.20. The van der Waals surface area contributed by atoms with Crippen molar-refractivity contribution in [3.8, 4) is 0 Å². The fourth-order valence-electron chi connectivity index (χ4n) is 2.90. The largest absolute Gasteiger partial charge is 0.362 e. The molecule has 1 aromatic rings. The van der Waals surface area contributed by atoms with Gasteiger partial charge in [0, 0.05) is 25.7 Å². The highest BCUT2D eigenvalue weighted by Crippen LogP contribution is 2.29. The standard InChI is InChI=1S/C15H23F2N3/c1-3-12-10-19(2)5-4-6-20(12)15-13(16)7-11(9-18)8-14(15)17/h7-8,12H,3-6,9-10,18H2,1-2H3. The number of likely N-dealkylation sites (N-methyl/N-ethyl adjacent to an activating group) is 1. The quantitative estimate of drug-likeness (QED) is 0.924. The van der Waals surface area contributed by atoms with Crippen LogP contribution < -0.4 is 10.6 Å². The van der Waals surface area contributed by atoms with Gasteiger partial charge in [-0.25, -0.2) is 8.78 Å². The van der Waals surface area contributed by atoms with Crippen molar-refractivity contribution >= 4 is 5.69 Å². The van der Waals surface area contributed by atoms with Gasteiger partial charge in [0.05, 0.1) is 0 Å². The fraction of sp³-hybridized carbons (Fsp3) is 0.600. The minimum atomic E-state index is -0.506. The van der Waals surface area contributed by atoms with E-state index in [1.165, 1.54) is 12.1 Å². The average molecular weight is 283 g/mol. The first-order chi connectivity index (χ1) is 9.56. The third kappa shape index (κ3) is 3.10. The maximum Gasteiger partial charge on any atom is 0.149 e. The number of hydrogen-bond acceptors (Lipinski definition) is 3. The molecule has 0 bridgehead atoms. The Morgan fingerprint density at radius 3 is 2.45 bits per heavy atom. The number of nitrogens with two attached hydrogens (primary N) is 1. The Bertz CT molecular complexity index is 441. The predicted molar refractivity (Wildman–Crippen MR) is 77.8 cm³/mol. The van der Waals surface area contributed by atoms with Crippen molar-refractivity contribution in [2.24, 2.45) is 5.73 Å². The van der Waals surface area contributed by atoms with Crippen LogP contribution in [-0.2, 0) is 6.54 Å². The van der Waals surface area contributed by atoms with Gasteiger partial charge in [0.25, 0.3) is 0 Å². The Kier molecular flexibility index (Phi) is 4.94. The topological polar surface area (TPSA) is 32.5 Å². The van der Waals surface area contributed by atoms with Gasteiger partial charge in [-0.15, -0.1) is 0 Å². The van der Waals surface area contributed by atoms with Crippen molar-refractivity contribution in [3.63, 3.8) is 0 Å². The summed E-state index contributed by atoms with van der Waals surface area (Å²) >= 11 is 0. The molecule has 0 spiro atoms. The van der Waals surface area contributed by atoms with Crippen molar-refractivity contribution in [1.29, 1.82) is 0 Å². The van der Waals surface area contributed by atoms with E-state index in [0.29, 0.717) is 12.1 Å². The second kappa shape index (κ2) is 6.50. The van der Waals surface area contributed by atoms with E-state index in [1.807, 2.05) is 4.90 Å². The zero-order valence-corrected chi connectivity index (χ0v) is 12.2.